The Morgan fingerprint density at radius 3 is 1.84 bits per heavy atom. The zero-order valence-electron chi connectivity index (χ0n) is 22.6. The maximum atomic E-state index is 12.2. The van der Waals surface area contributed by atoms with Crippen molar-refractivity contribution in [2.45, 2.75) is 92.1 Å². The average Bonchev–Trinajstić information content (AvgIpc) is 2.82. The zero-order valence-corrected chi connectivity index (χ0v) is 22.6. The Morgan fingerprint density at radius 1 is 0.811 bits per heavy atom. The number of nitrogens with one attached hydrogen (secondary N) is 1. The number of carbonyl (C=O) groups excluding carboxylic acids is 3. The molecule has 208 valence electrons. The molecule has 0 heterocycles. The molecule has 0 saturated heterocycles. The lowest BCUT2D eigenvalue weighted by Crippen LogP contribution is -2.43. The van der Waals surface area contributed by atoms with E-state index >= 15 is 0 Å². The summed E-state index contributed by atoms with van der Waals surface area (Å²) >= 11 is 0. The summed E-state index contributed by atoms with van der Waals surface area (Å²) in [6, 6.07) is 3.27. The van der Waals surface area contributed by atoms with Gasteiger partial charge in [0, 0.05) is 6.54 Å². The van der Waals surface area contributed by atoms with Crippen LogP contribution in [0.1, 0.15) is 66.9 Å². The molecule has 11 heteroatoms. The number of esters is 1. The Morgan fingerprint density at radius 2 is 1.35 bits per heavy atom. The minimum Gasteiger partial charge on any atom is -0.480 e. The maximum absolute atomic E-state index is 12.2. The number of rotatable bonds is 14. The predicted molar refractivity (Wildman–Crippen MR) is 134 cm³/mol. The van der Waals surface area contributed by atoms with E-state index in [0.717, 1.165) is 0 Å². The number of ether oxygens (including phenoxy) is 5. The van der Waals surface area contributed by atoms with E-state index in [1.54, 1.807) is 40.7 Å². The van der Waals surface area contributed by atoms with Crippen LogP contribution < -0.4 is 14.8 Å². The van der Waals surface area contributed by atoms with Crippen LogP contribution in [0.25, 0.3) is 0 Å². The van der Waals surface area contributed by atoms with Crippen LogP contribution in [0.15, 0.2) is 18.2 Å². The van der Waals surface area contributed by atoms with Crippen molar-refractivity contribution in [3.05, 3.63) is 23.8 Å². The summed E-state index contributed by atoms with van der Waals surface area (Å²) in [7, 11) is 0. The van der Waals surface area contributed by atoms with E-state index in [-0.39, 0.29) is 42.5 Å². The van der Waals surface area contributed by atoms with Crippen molar-refractivity contribution in [1.29, 1.82) is 0 Å². The summed E-state index contributed by atoms with van der Waals surface area (Å²) in [5.41, 5.74) is 0.473. The summed E-state index contributed by atoms with van der Waals surface area (Å²) in [4.78, 5) is 48.0. The van der Waals surface area contributed by atoms with Gasteiger partial charge in [0.2, 0.25) is 0 Å². The molecule has 2 N–H and O–H groups in total. The van der Waals surface area contributed by atoms with Crippen LogP contribution in [0.4, 0.5) is 9.59 Å². The Hall–Kier alpha value is -3.34. The van der Waals surface area contributed by atoms with Gasteiger partial charge in [0.1, 0.15) is 24.4 Å². The molecule has 4 atom stereocenters. The van der Waals surface area contributed by atoms with Crippen molar-refractivity contribution in [1.82, 2.24) is 5.32 Å². The number of carbonyl (C=O) groups is 4. The standard InChI is InChI=1S/C26H39NO10/c1-8-16(5)34-25(31)36-21-11-10-19(13-22(21)37-26(32)35-17(6)9-2)12-20(23(28)29)27-14-18(7)33-24(30)15(3)4/h10-11,13,15-18,20,27H,8-9,12,14H2,1-7H3,(H,28,29)/t16?,17?,18?,20-/m0/s1. The number of carboxylic acids is 1. The monoisotopic (exact) mass is 525 g/mol. The van der Waals surface area contributed by atoms with E-state index in [9.17, 15) is 24.3 Å². The lowest BCUT2D eigenvalue weighted by Gasteiger charge is -2.20. The van der Waals surface area contributed by atoms with Gasteiger partial charge in [0.25, 0.3) is 0 Å². The topological polar surface area (TPSA) is 147 Å². The molecule has 0 spiro atoms. The predicted octanol–water partition coefficient (Wildman–Crippen LogP) is 4.49. The van der Waals surface area contributed by atoms with E-state index in [1.165, 1.54) is 12.1 Å². The number of benzene rings is 1. The number of hydrogen-bond acceptors (Lipinski definition) is 10. The molecule has 0 amide bonds. The van der Waals surface area contributed by atoms with Crippen LogP contribution in [-0.2, 0) is 30.2 Å². The van der Waals surface area contributed by atoms with Crippen LogP contribution in [0.2, 0.25) is 0 Å². The van der Waals surface area contributed by atoms with Gasteiger partial charge in [0.05, 0.1) is 5.92 Å². The lowest BCUT2D eigenvalue weighted by molar-refractivity contribution is -0.151. The lowest BCUT2D eigenvalue weighted by atomic mass is 10.0. The van der Waals surface area contributed by atoms with Gasteiger partial charge in [-0.2, -0.15) is 0 Å². The van der Waals surface area contributed by atoms with Gasteiger partial charge in [0.15, 0.2) is 11.5 Å². The summed E-state index contributed by atoms with van der Waals surface area (Å²) in [6.07, 6.45) is -2.16. The molecule has 3 unspecified atom stereocenters. The second kappa shape index (κ2) is 15.7. The third-order valence-corrected chi connectivity index (χ3v) is 5.32. The minimum absolute atomic E-state index is 0.00541. The number of carboxylic acid groups (broad SMARTS) is 1. The molecule has 1 aromatic rings. The van der Waals surface area contributed by atoms with E-state index in [4.69, 9.17) is 23.7 Å². The molecule has 37 heavy (non-hydrogen) atoms. The molecule has 11 nitrogen and oxygen atoms in total. The molecule has 1 rings (SSSR count). The van der Waals surface area contributed by atoms with Crippen molar-refractivity contribution >= 4 is 24.2 Å². The fraction of sp³-hybridized carbons (Fsp3) is 0.615. The maximum Gasteiger partial charge on any atom is 0.514 e. The third kappa shape index (κ3) is 12.0. The number of aliphatic carboxylic acids is 1. The fourth-order valence-corrected chi connectivity index (χ4v) is 2.73. The van der Waals surface area contributed by atoms with Gasteiger partial charge in [-0.1, -0.05) is 33.8 Å². The Kier molecular flexibility index (Phi) is 13.4. The minimum atomic E-state index is -1.13. The highest BCUT2D eigenvalue weighted by atomic mass is 16.7. The zero-order chi connectivity index (χ0) is 28.1. The first-order valence-electron chi connectivity index (χ1n) is 12.4. The summed E-state index contributed by atoms with van der Waals surface area (Å²) in [6.45, 7) is 12.3. The summed E-state index contributed by atoms with van der Waals surface area (Å²) in [5.74, 6) is -2.03. The Labute approximate surface area is 217 Å². The van der Waals surface area contributed by atoms with Gasteiger partial charge in [-0.15, -0.1) is 0 Å². The van der Waals surface area contributed by atoms with Crippen LogP contribution in [0.5, 0.6) is 11.5 Å². The molecule has 0 saturated carbocycles. The van der Waals surface area contributed by atoms with Gasteiger partial charge in [-0.25, -0.2) is 9.59 Å². The third-order valence-electron chi connectivity index (χ3n) is 5.32. The molecule has 0 bridgehead atoms. The summed E-state index contributed by atoms with van der Waals surface area (Å²) < 4.78 is 26.0. The molecule has 0 aromatic heterocycles. The highest BCUT2D eigenvalue weighted by Gasteiger charge is 2.23. The second-order valence-corrected chi connectivity index (χ2v) is 9.06. The molecule has 0 aliphatic rings. The van der Waals surface area contributed by atoms with E-state index in [0.29, 0.717) is 18.4 Å². The normalized spacial score (nSPS) is 14.2. The molecule has 0 aliphatic carbocycles. The van der Waals surface area contributed by atoms with Gasteiger partial charge in [-0.05, 0) is 57.7 Å². The first-order chi connectivity index (χ1) is 17.4. The van der Waals surface area contributed by atoms with E-state index in [2.05, 4.69) is 5.32 Å². The molecule has 0 aliphatic heterocycles. The molecular weight excluding hydrogens is 486 g/mol. The summed E-state index contributed by atoms with van der Waals surface area (Å²) in [5, 5.41) is 12.5. The fourth-order valence-electron chi connectivity index (χ4n) is 2.73. The van der Waals surface area contributed by atoms with E-state index < -0.39 is 36.5 Å². The van der Waals surface area contributed by atoms with Crippen LogP contribution >= 0.6 is 0 Å². The number of hydrogen-bond donors (Lipinski definition) is 2. The molecule has 0 fully saturated rings. The van der Waals surface area contributed by atoms with Crippen molar-refractivity contribution < 1.29 is 48.0 Å². The van der Waals surface area contributed by atoms with Gasteiger partial charge in [-0.3, -0.25) is 9.59 Å². The quantitative estimate of drug-likeness (QED) is 0.201. The van der Waals surface area contributed by atoms with E-state index in [1.807, 2.05) is 13.8 Å². The van der Waals surface area contributed by atoms with Crippen molar-refractivity contribution in [3.8, 4) is 11.5 Å². The van der Waals surface area contributed by atoms with Crippen LogP contribution in [0, 0.1) is 5.92 Å². The van der Waals surface area contributed by atoms with Crippen LogP contribution in [0.3, 0.4) is 0 Å². The first-order valence-corrected chi connectivity index (χ1v) is 12.4. The van der Waals surface area contributed by atoms with Crippen molar-refractivity contribution in [2.75, 3.05) is 6.54 Å². The molecule has 1 aromatic carbocycles. The Balaban J connectivity index is 3.05. The van der Waals surface area contributed by atoms with Crippen LogP contribution in [-0.4, -0.2) is 60.3 Å². The molecular formula is C26H39NO10. The average molecular weight is 526 g/mol. The molecule has 0 radical (unpaired) electrons. The van der Waals surface area contributed by atoms with Gasteiger partial charge >= 0.3 is 24.2 Å². The largest absolute Gasteiger partial charge is 0.514 e. The highest BCUT2D eigenvalue weighted by Crippen LogP contribution is 2.30. The highest BCUT2D eigenvalue weighted by molar-refractivity contribution is 5.74. The smallest absolute Gasteiger partial charge is 0.480 e. The van der Waals surface area contributed by atoms with Crippen molar-refractivity contribution in [2.24, 2.45) is 5.92 Å². The van der Waals surface area contributed by atoms with Crippen molar-refractivity contribution in [3.63, 3.8) is 0 Å². The first kappa shape index (κ1) is 31.7. The van der Waals surface area contributed by atoms with Gasteiger partial charge < -0.3 is 34.1 Å². The second-order valence-electron chi connectivity index (χ2n) is 9.06. The Bertz CT molecular complexity index is 917. The SMILES string of the molecule is CCC(C)OC(=O)Oc1ccc(C[C@H](NCC(C)OC(=O)C(C)C)C(=O)O)cc1OC(=O)OC(C)CC.